The minimum atomic E-state index is -0.375. The van der Waals surface area contributed by atoms with Crippen LogP contribution in [0.5, 0.6) is 0 Å². The van der Waals surface area contributed by atoms with Crippen LogP contribution in [0.2, 0.25) is 0 Å². The van der Waals surface area contributed by atoms with Gasteiger partial charge >= 0.3 is 0 Å². The first-order valence-electron chi connectivity index (χ1n) is 7.71. The number of fused-ring (bicyclic) bond motifs is 1. The number of hydrogen-bond donors (Lipinski definition) is 1. The number of benzene rings is 1. The van der Waals surface area contributed by atoms with E-state index in [1.165, 1.54) is 24.1 Å². The Kier molecular flexibility index (Phi) is 3.43. The van der Waals surface area contributed by atoms with Crippen LogP contribution < -0.4 is 10.2 Å². The van der Waals surface area contributed by atoms with Crippen LogP contribution in [-0.2, 0) is 6.42 Å². The van der Waals surface area contributed by atoms with Crippen LogP contribution in [0, 0.1) is 17.2 Å². The predicted octanol–water partition coefficient (Wildman–Crippen LogP) is 2.72. The van der Waals surface area contributed by atoms with E-state index < -0.39 is 0 Å². The van der Waals surface area contributed by atoms with Crippen molar-refractivity contribution in [3.8, 4) is 6.07 Å². The number of para-hydroxylation sites is 1. The topological polar surface area (TPSA) is 39.1 Å². The van der Waals surface area contributed by atoms with Crippen LogP contribution in [0.4, 0.5) is 5.69 Å². The molecule has 1 fully saturated rings. The highest BCUT2D eigenvalue weighted by Crippen LogP contribution is 2.42. The van der Waals surface area contributed by atoms with Gasteiger partial charge in [0, 0.05) is 11.7 Å². The van der Waals surface area contributed by atoms with E-state index in [-0.39, 0.29) is 5.54 Å². The summed E-state index contributed by atoms with van der Waals surface area (Å²) in [5.41, 5.74) is 2.36. The first kappa shape index (κ1) is 13.5. The van der Waals surface area contributed by atoms with Crippen molar-refractivity contribution in [2.75, 3.05) is 18.0 Å². The third kappa shape index (κ3) is 2.19. The summed E-state index contributed by atoms with van der Waals surface area (Å²) in [4.78, 5) is 2.43. The first-order valence-corrected chi connectivity index (χ1v) is 7.71. The molecule has 0 amide bonds. The number of rotatable bonds is 5. The lowest BCUT2D eigenvalue weighted by Gasteiger charge is -2.36. The van der Waals surface area contributed by atoms with Crippen LogP contribution in [0.15, 0.2) is 24.3 Å². The average Bonchev–Trinajstić information content (AvgIpc) is 3.25. The van der Waals surface area contributed by atoms with Crippen LogP contribution in [0.3, 0.4) is 0 Å². The van der Waals surface area contributed by atoms with Crippen molar-refractivity contribution >= 4 is 5.69 Å². The zero-order chi connectivity index (χ0) is 14.2. The van der Waals surface area contributed by atoms with Crippen LogP contribution in [0.25, 0.3) is 0 Å². The third-order valence-electron chi connectivity index (χ3n) is 4.73. The summed E-state index contributed by atoms with van der Waals surface area (Å²) in [7, 11) is 0. The number of nitrogens with one attached hydrogen (secondary N) is 1. The fourth-order valence-electron chi connectivity index (χ4n) is 3.53. The van der Waals surface area contributed by atoms with E-state index in [9.17, 15) is 5.26 Å². The normalized spacial score (nSPS) is 24.1. The highest BCUT2D eigenvalue weighted by Gasteiger charge is 2.47. The fraction of sp³-hybridized carbons (Fsp3) is 0.588. The molecule has 1 aromatic carbocycles. The van der Waals surface area contributed by atoms with E-state index in [1.54, 1.807) is 0 Å². The molecule has 0 bridgehead atoms. The summed E-state index contributed by atoms with van der Waals surface area (Å²) in [5, 5.41) is 13.3. The van der Waals surface area contributed by atoms with Gasteiger partial charge in [0.2, 0.25) is 0 Å². The summed E-state index contributed by atoms with van der Waals surface area (Å²) >= 11 is 0. The second-order valence-electron chi connectivity index (χ2n) is 6.20. The van der Waals surface area contributed by atoms with Gasteiger partial charge in [-0.15, -0.1) is 0 Å². The van der Waals surface area contributed by atoms with Crippen molar-refractivity contribution < 1.29 is 0 Å². The standard InChI is InChI=1S/C17H23N3/c1-3-19-17(11-18,15-8-9-15)12-20-13(2)10-14-6-4-5-7-16(14)20/h4-7,13,15,19H,3,8-10,12H2,1-2H3. The second kappa shape index (κ2) is 5.10. The molecule has 2 atom stereocenters. The Bertz CT molecular complexity index is 529. The van der Waals surface area contributed by atoms with Crippen molar-refractivity contribution in [2.24, 2.45) is 5.92 Å². The average molecular weight is 269 g/mol. The van der Waals surface area contributed by atoms with E-state index in [0.717, 1.165) is 19.5 Å². The van der Waals surface area contributed by atoms with Gasteiger partial charge in [0.25, 0.3) is 0 Å². The van der Waals surface area contributed by atoms with Crippen molar-refractivity contribution in [3.63, 3.8) is 0 Å². The highest BCUT2D eigenvalue weighted by atomic mass is 15.2. The van der Waals surface area contributed by atoms with E-state index >= 15 is 0 Å². The van der Waals surface area contributed by atoms with Crippen molar-refractivity contribution in [2.45, 2.75) is 44.7 Å². The van der Waals surface area contributed by atoms with Crippen LogP contribution in [-0.4, -0.2) is 24.7 Å². The van der Waals surface area contributed by atoms with E-state index in [0.29, 0.717) is 12.0 Å². The maximum atomic E-state index is 9.77. The lowest BCUT2D eigenvalue weighted by Crippen LogP contribution is -2.55. The molecule has 3 rings (SSSR count). The number of anilines is 1. The quantitative estimate of drug-likeness (QED) is 0.893. The Morgan fingerprint density at radius 3 is 2.80 bits per heavy atom. The van der Waals surface area contributed by atoms with Crippen molar-refractivity contribution in [1.29, 1.82) is 5.26 Å². The van der Waals surface area contributed by atoms with E-state index in [4.69, 9.17) is 0 Å². The molecule has 0 radical (unpaired) electrons. The van der Waals surface area contributed by atoms with Gasteiger partial charge in [-0.25, -0.2) is 0 Å². The smallest absolute Gasteiger partial charge is 0.127 e. The number of nitriles is 1. The molecule has 2 unspecified atom stereocenters. The Morgan fingerprint density at radius 2 is 2.15 bits per heavy atom. The summed E-state index contributed by atoms with van der Waals surface area (Å²) in [6.45, 7) is 6.02. The van der Waals surface area contributed by atoms with Gasteiger partial charge in [-0.05, 0) is 50.3 Å². The Morgan fingerprint density at radius 1 is 1.40 bits per heavy atom. The number of nitrogens with zero attached hydrogens (tertiary/aromatic N) is 2. The largest absolute Gasteiger partial charge is 0.365 e. The monoisotopic (exact) mass is 269 g/mol. The summed E-state index contributed by atoms with van der Waals surface area (Å²) in [5.74, 6) is 0.521. The summed E-state index contributed by atoms with van der Waals surface area (Å²) in [6, 6.07) is 11.7. The molecule has 106 valence electrons. The molecule has 1 aliphatic heterocycles. The second-order valence-corrected chi connectivity index (χ2v) is 6.20. The minimum absolute atomic E-state index is 0.375. The molecule has 0 saturated heterocycles. The number of likely N-dealkylation sites (N-methyl/N-ethyl adjacent to an activating group) is 1. The Labute approximate surface area is 121 Å². The highest BCUT2D eigenvalue weighted by molar-refractivity contribution is 5.60. The van der Waals surface area contributed by atoms with E-state index in [2.05, 4.69) is 54.4 Å². The van der Waals surface area contributed by atoms with E-state index in [1.807, 2.05) is 0 Å². The first-order chi connectivity index (χ1) is 9.70. The zero-order valence-electron chi connectivity index (χ0n) is 12.4. The molecule has 1 aromatic rings. The molecule has 0 aromatic heterocycles. The molecular weight excluding hydrogens is 246 g/mol. The minimum Gasteiger partial charge on any atom is -0.365 e. The Hall–Kier alpha value is -1.53. The molecular formula is C17H23N3. The van der Waals surface area contributed by atoms with Gasteiger partial charge in [-0.1, -0.05) is 25.1 Å². The van der Waals surface area contributed by atoms with Gasteiger partial charge in [-0.2, -0.15) is 5.26 Å². The maximum absolute atomic E-state index is 9.77. The van der Waals surface area contributed by atoms with Crippen molar-refractivity contribution in [3.05, 3.63) is 29.8 Å². The maximum Gasteiger partial charge on any atom is 0.127 e. The molecule has 1 N–H and O–H groups in total. The number of hydrogen-bond acceptors (Lipinski definition) is 3. The Balaban J connectivity index is 1.87. The van der Waals surface area contributed by atoms with Gasteiger partial charge in [0.05, 0.1) is 12.6 Å². The van der Waals surface area contributed by atoms with Gasteiger partial charge < -0.3 is 4.90 Å². The van der Waals surface area contributed by atoms with Crippen LogP contribution in [0.1, 0.15) is 32.3 Å². The molecule has 2 aliphatic rings. The molecule has 1 heterocycles. The van der Waals surface area contributed by atoms with Crippen molar-refractivity contribution in [1.82, 2.24) is 5.32 Å². The SMILES string of the molecule is CCNC(C#N)(CN1c2ccccc2CC1C)C1CC1. The summed E-state index contributed by atoms with van der Waals surface area (Å²) < 4.78 is 0. The molecule has 3 nitrogen and oxygen atoms in total. The lowest BCUT2D eigenvalue weighted by atomic mass is 9.93. The molecule has 0 spiro atoms. The molecule has 1 aliphatic carbocycles. The van der Waals surface area contributed by atoms with Gasteiger partial charge in [0.1, 0.15) is 5.54 Å². The predicted molar refractivity (Wildman–Crippen MR) is 81.7 cm³/mol. The third-order valence-corrected chi connectivity index (χ3v) is 4.73. The molecule has 20 heavy (non-hydrogen) atoms. The molecule has 3 heteroatoms. The molecule has 1 saturated carbocycles. The zero-order valence-corrected chi connectivity index (χ0v) is 12.4. The van der Waals surface area contributed by atoms with Gasteiger partial charge in [-0.3, -0.25) is 5.32 Å². The fourth-order valence-corrected chi connectivity index (χ4v) is 3.53. The van der Waals surface area contributed by atoms with Gasteiger partial charge in [0.15, 0.2) is 0 Å². The summed E-state index contributed by atoms with van der Waals surface area (Å²) in [6.07, 6.45) is 3.46. The van der Waals surface area contributed by atoms with Crippen LogP contribution >= 0.6 is 0 Å². The lowest BCUT2D eigenvalue weighted by molar-refractivity contribution is 0.366.